The molecule has 6 unspecified atom stereocenters. The maximum Gasteiger partial charge on any atom is 0.258 e. The van der Waals surface area contributed by atoms with E-state index in [9.17, 15) is 18.0 Å². The average molecular weight is 666 g/mol. The van der Waals surface area contributed by atoms with Crippen molar-refractivity contribution in [2.24, 2.45) is 0 Å². The zero-order chi connectivity index (χ0) is 32.8. The Hall–Kier alpha value is -4.40. The Labute approximate surface area is 271 Å². The fourth-order valence-corrected chi connectivity index (χ4v) is 6.33. The monoisotopic (exact) mass is 665 g/mol. The van der Waals surface area contributed by atoms with Crippen LogP contribution in [0, 0.1) is 17.5 Å². The summed E-state index contributed by atoms with van der Waals surface area (Å²) in [5.74, 6) is -4.80. The molecule has 2 aromatic heterocycles. The maximum atomic E-state index is 14.3. The van der Waals surface area contributed by atoms with Crippen molar-refractivity contribution in [3.05, 3.63) is 107 Å². The van der Waals surface area contributed by atoms with Crippen LogP contribution in [-0.4, -0.2) is 71.1 Å². The number of likely N-dealkylation sites (N-methyl/N-ethyl adjacent to an activating group) is 1. The number of pyridine rings is 1. The number of ether oxygens (including phenoxy) is 4. The van der Waals surface area contributed by atoms with Crippen molar-refractivity contribution in [2.45, 2.75) is 36.7 Å². The molecule has 0 radical (unpaired) electrons. The van der Waals surface area contributed by atoms with E-state index in [4.69, 9.17) is 30.5 Å². The number of rotatable bonds is 6. The first kappa shape index (κ1) is 31.2. The van der Waals surface area contributed by atoms with Crippen molar-refractivity contribution in [1.29, 1.82) is 0 Å². The smallest absolute Gasteiger partial charge is 0.258 e. The van der Waals surface area contributed by atoms with Crippen LogP contribution < -0.4 is 4.90 Å². The number of methoxy groups -OCH3 is 1. The largest absolute Gasteiger partial charge is 0.376 e. The van der Waals surface area contributed by atoms with Crippen LogP contribution in [0.4, 0.5) is 18.9 Å². The quantitative estimate of drug-likeness (QED) is 0.214. The fourth-order valence-electron chi connectivity index (χ4n) is 6.10. The second-order valence-corrected chi connectivity index (χ2v) is 11.6. The zero-order valence-electron chi connectivity index (χ0n) is 25.0. The first-order chi connectivity index (χ1) is 22.7. The SMILES string of the molecule is COC1C(C(=O)N(C)c2cc(Cl)cc3cccnc23)OC2COC(c3ccccc3)OC2C1n1cc(-c2cc(F)c(F)c(F)c2)nn1. The first-order valence-corrected chi connectivity index (χ1v) is 15.0. The lowest BCUT2D eigenvalue weighted by Gasteiger charge is -2.49. The highest BCUT2D eigenvalue weighted by atomic mass is 35.5. The minimum absolute atomic E-state index is 0.0343. The molecule has 7 rings (SSSR count). The second-order valence-electron chi connectivity index (χ2n) is 11.2. The van der Waals surface area contributed by atoms with Crippen molar-refractivity contribution in [3.8, 4) is 11.3 Å². The molecule has 47 heavy (non-hydrogen) atoms. The topological polar surface area (TPSA) is 101 Å². The highest BCUT2D eigenvalue weighted by Crippen LogP contribution is 2.41. The molecule has 2 saturated heterocycles. The van der Waals surface area contributed by atoms with Crippen molar-refractivity contribution >= 4 is 34.1 Å². The standard InChI is InChI=1S/C33H27ClF3N5O5/c1-41(24-14-20(34)11-18-9-6-10-38-27(18)24)32(43)31-30(44-2)28(29-25(46-31)16-45-33(47-29)17-7-4-3-5-8-17)42-15-23(39-40-42)19-12-21(35)26(37)22(36)13-19/h3-15,25,28-31,33H,16H2,1-2H3. The van der Waals surface area contributed by atoms with Crippen LogP contribution in [0.1, 0.15) is 17.9 Å². The summed E-state index contributed by atoms with van der Waals surface area (Å²) >= 11 is 6.41. The van der Waals surface area contributed by atoms with Gasteiger partial charge in [0.1, 0.15) is 30.0 Å². The molecule has 6 atom stereocenters. The van der Waals surface area contributed by atoms with E-state index in [1.54, 1.807) is 31.4 Å². The molecular weight excluding hydrogens is 639 g/mol. The molecule has 14 heteroatoms. The number of aromatic nitrogens is 4. The third-order valence-corrected chi connectivity index (χ3v) is 8.59. The number of carbonyl (C=O) groups excluding carboxylic acids is 1. The molecule has 2 fully saturated rings. The van der Waals surface area contributed by atoms with Gasteiger partial charge in [0.15, 0.2) is 29.8 Å². The van der Waals surface area contributed by atoms with E-state index >= 15 is 0 Å². The number of fused-ring (bicyclic) bond motifs is 2. The van der Waals surface area contributed by atoms with E-state index < -0.39 is 60.1 Å². The van der Waals surface area contributed by atoms with Crippen molar-refractivity contribution in [3.63, 3.8) is 0 Å². The highest BCUT2D eigenvalue weighted by Gasteiger charge is 2.54. The van der Waals surface area contributed by atoms with Gasteiger partial charge in [-0.2, -0.15) is 0 Å². The third kappa shape index (κ3) is 5.74. The lowest BCUT2D eigenvalue weighted by molar-refractivity contribution is -0.314. The van der Waals surface area contributed by atoms with Gasteiger partial charge in [0.2, 0.25) is 0 Å². The Morgan fingerprint density at radius 2 is 1.81 bits per heavy atom. The predicted molar refractivity (Wildman–Crippen MR) is 164 cm³/mol. The molecule has 242 valence electrons. The van der Waals surface area contributed by atoms with Crippen LogP contribution in [0.3, 0.4) is 0 Å². The number of halogens is 4. The van der Waals surface area contributed by atoms with Crippen LogP contribution in [-0.2, 0) is 23.7 Å². The molecule has 0 aliphatic carbocycles. The molecular formula is C33H27ClF3N5O5. The summed E-state index contributed by atoms with van der Waals surface area (Å²) in [7, 11) is 3.01. The first-order valence-electron chi connectivity index (χ1n) is 14.6. The van der Waals surface area contributed by atoms with Gasteiger partial charge in [-0.15, -0.1) is 5.10 Å². The zero-order valence-corrected chi connectivity index (χ0v) is 25.7. The number of carbonyl (C=O) groups is 1. The van der Waals surface area contributed by atoms with Gasteiger partial charge in [-0.1, -0.05) is 53.2 Å². The number of hydrogen-bond acceptors (Lipinski definition) is 8. The summed E-state index contributed by atoms with van der Waals surface area (Å²) in [6.07, 6.45) is -1.48. The second kappa shape index (κ2) is 12.7. The maximum absolute atomic E-state index is 14.3. The van der Waals surface area contributed by atoms with Gasteiger partial charge in [0.05, 0.1) is 24.0 Å². The Morgan fingerprint density at radius 1 is 1.04 bits per heavy atom. The summed E-state index contributed by atoms with van der Waals surface area (Å²) in [4.78, 5) is 20.2. The van der Waals surface area contributed by atoms with E-state index in [1.807, 2.05) is 36.4 Å². The number of amides is 1. The summed E-state index contributed by atoms with van der Waals surface area (Å²) in [6, 6.07) is 17.1. The molecule has 5 aromatic rings. The summed E-state index contributed by atoms with van der Waals surface area (Å²) in [5.41, 5.74) is 1.80. The molecule has 0 saturated carbocycles. The van der Waals surface area contributed by atoms with Crippen LogP contribution in [0.25, 0.3) is 22.2 Å². The van der Waals surface area contributed by atoms with Gasteiger partial charge in [0, 0.05) is 41.9 Å². The summed E-state index contributed by atoms with van der Waals surface area (Å²) in [5, 5.41) is 9.52. The van der Waals surface area contributed by atoms with E-state index in [2.05, 4.69) is 15.3 Å². The molecule has 2 aliphatic rings. The number of hydrogen-bond donors (Lipinski definition) is 0. The van der Waals surface area contributed by atoms with Crippen LogP contribution >= 0.6 is 11.6 Å². The minimum Gasteiger partial charge on any atom is -0.376 e. The Balaban J connectivity index is 1.28. The molecule has 1 amide bonds. The van der Waals surface area contributed by atoms with E-state index in [0.29, 0.717) is 16.2 Å². The highest BCUT2D eigenvalue weighted by molar-refractivity contribution is 6.32. The van der Waals surface area contributed by atoms with Gasteiger partial charge in [-0.05, 0) is 30.3 Å². The Kier molecular flexibility index (Phi) is 8.41. The number of benzene rings is 3. The summed E-state index contributed by atoms with van der Waals surface area (Å²) in [6.45, 7) is 0.0578. The molecule has 3 aromatic carbocycles. The number of nitrogens with zero attached hydrogens (tertiary/aromatic N) is 5. The molecule has 2 aliphatic heterocycles. The van der Waals surface area contributed by atoms with Crippen LogP contribution in [0.5, 0.6) is 0 Å². The lowest BCUT2D eigenvalue weighted by atomic mass is 9.90. The summed E-state index contributed by atoms with van der Waals surface area (Å²) < 4.78 is 68.2. The lowest BCUT2D eigenvalue weighted by Crippen LogP contribution is -2.63. The van der Waals surface area contributed by atoms with E-state index in [-0.39, 0.29) is 17.9 Å². The van der Waals surface area contributed by atoms with Gasteiger partial charge in [-0.3, -0.25) is 9.78 Å². The third-order valence-electron chi connectivity index (χ3n) is 8.38. The molecule has 0 N–H and O–H groups in total. The van der Waals surface area contributed by atoms with E-state index in [0.717, 1.165) is 23.1 Å². The predicted octanol–water partition coefficient (Wildman–Crippen LogP) is 5.66. The molecule has 4 heterocycles. The minimum atomic E-state index is -1.59. The van der Waals surface area contributed by atoms with Crippen LogP contribution in [0.2, 0.25) is 5.02 Å². The van der Waals surface area contributed by atoms with Crippen molar-refractivity contribution in [2.75, 3.05) is 25.7 Å². The van der Waals surface area contributed by atoms with Crippen molar-refractivity contribution in [1.82, 2.24) is 20.0 Å². The fraction of sp³-hybridized carbons (Fsp3) is 0.273. The van der Waals surface area contributed by atoms with Crippen LogP contribution in [0.15, 0.2) is 79.1 Å². The molecule has 10 nitrogen and oxygen atoms in total. The Bertz CT molecular complexity index is 1930. The van der Waals surface area contributed by atoms with Gasteiger partial charge in [-0.25, -0.2) is 17.9 Å². The normalized spacial score (nSPS) is 24.2. The van der Waals surface area contributed by atoms with Gasteiger partial charge in [0.25, 0.3) is 5.91 Å². The number of anilines is 1. The molecule has 0 spiro atoms. The van der Waals surface area contributed by atoms with Crippen molar-refractivity contribution < 1.29 is 36.9 Å². The van der Waals surface area contributed by atoms with Gasteiger partial charge < -0.3 is 23.8 Å². The Morgan fingerprint density at radius 3 is 2.55 bits per heavy atom. The average Bonchev–Trinajstić information content (AvgIpc) is 3.58. The van der Waals surface area contributed by atoms with E-state index in [1.165, 1.54) is 22.9 Å². The van der Waals surface area contributed by atoms with Gasteiger partial charge >= 0.3 is 0 Å². The molecule has 0 bridgehead atoms.